The summed E-state index contributed by atoms with van der Waals surface area (Å²) >= 11 is 0. The van der Waals surface area contributed by atoms with Crippen molar-refractivity contribution in [1.29, 1.82) is 0 Å². The molecule has 2 aliphatic rings. The van der Waals surface area contributed by atoms with Crippen LogP contribution in [0.15, 0.2) is 0 Å². The van der Waals surface area contributed by atoms with Crippen molar-refractivity contribution in [2.45, 2.75) is 51.9 Å². The van der Waals surface area contributed by atoms with Gasteiger partial charge in [-0.2, -0.15) is 0 Å². The van der Waals surface area contributed by atoms with Gasteiger partial charge >= 0.3 is 0 Å². The monoisotopic (exact) mass is 294 g/mol. The quantitative estimate of drug-likeness (QED) is 0.791. The Morgan fingerprint density at radius 2 is 1.81 bits per heavy atom. The Bertz CT molecular complexity index is 398. The van der Waals surface area contributed by atoms with Gasteiger partial charge in [0.05, 0.1) is 6.54 Å². The normalized spacial score (nSPS) is 24.1. The Labute approximate surface area is 126 Å². The molecule has 0 spiro atoms. The fourth-order valence-electron chi connectivity index (χ4n) is 3.23. The van der Waals surface area contributed by atoms with Gasteiger partial charge < -0.3 is 9.80 Å². The van der Waals surface area contributed by atoms with Crippen molar-refractivity contribution in [1.82, 2.24) is 9.80 Å². The highest BCUT2D eigenvalue weighted by atomic mass is 16.2. The third-order valence-corrected chi connectivity index (χ3v) is 4.62. The SMILES string of the molecule is CCCC1CCC(=O)N(CC(=O)N2CCC(=O)CC2)CC1. The highest BCUT2D eigenvalue weighted by Crippen LogP contribution is 2.22. The number of amides is 2. The molecule has 118 valence electrons. The van der Waals surface area contributed by atoms with Crippen LogP contribution < -0.4 is 0 Å². The largest absolute Gasteiger partial charge is 0.340 e. The topological polar surface area (TPSA) is 57.7 Å². The number of nitrogens with zero attached hydrogens (tertiary/aromatic N) is 2. The zero-order valence-electron chi connectivity index (χ0n) is 13.0. The smallest absolute Gasteiger partial charge is 0.242 e. The second kappa shape index (κ2) is 7.57. The Morgan fingerprint density at radius 3 is 2.48 bits per heavy atom. The number of Topliss-reactive ketones (excluding diaryl/α,β-unsaturated/α-hetero) is 1. The fourth-order valence-corrected chi connectivity index (χ4v) is 3.23. The first-order valence-electron chi connectivity index (χ1n) is 8.17. The Balaban J connectivity index is 1.84. The van der Waals surface area contributed by atoms with Gasteiger partial charge in [-0.15, -0.1) is 0 Å². The minimum Gasteiger partial charge on any atom is -0.340 e. The molecule has 0 aromatic heterocycles. The zero-order chi connectivity index (χ0) is 15.2. The molecule has 2 rings (SSSR count). The molecule has 0 aromatic carbocycles. The van der Waals surface area contributed by atoms with E-state index in [-0.39, 0.29) is 24.1 Å². The molecule has 0 aliphatic carbocycles. The van der Waals surface area contributed by atoms with Gasteiger partial charge in [-0.05, 0) is 18.8 Å². The minimum absolute atomic E-state index is 0.00945. The molecule has 0 bridgehead atoms. The van der Waals surface area contributed by atoms with Gasteiger partial charge in [-0.3, -0.25) is 14.4 Å². The molecule has 2 saturated heterocycles. The maximum atomic E-state index is 12.3. The number of rotatable bonds is 4. The van der Waals surface area contributed by atoms with Gasteiger partial charge in [-0.25, -0.2) is 0 Å². The highest BCUT2D eigenvalue weighted by molar-refractivity contribution is 5.87. The van der Waals surface area contributed by atoms with Crippen molar-refractivity contribution in [3.63, 3.8) is 0 Å². The molecule has 1 unspecified atom stereocenters. The molecule has 0 N–H and O–H groups in total. The second-order valence-corrected chi connectivity index (χ2v) is 6.22. The summed E-state index contributed by atoms with van der Waals surface area (Å²) in [5.41, 5.74) is 0. The lowest BCUT2D eigenvalue weighted by Gasteiger charge is -2.29. The van der Waals surface area contributed by atoms with Crippen LogP contribution in [-0.4, -0.2) is 53.6 Å². The van der Waals surface area contributed by atoms with Crippen LogP contribution in [0.2, 0.25) is 0 Å². The number of likely N-dealkylation sites (tertiary alicyclic amines) is 2. The zero-order valence-corrected chi connectivity index (χ0v) is 13.0. The summed E-state index contributed by atoms with van der Waals surface area (Å²) in [5, 5.41) is 0. The lowest BCUT2D eigenvalue weighted by atomic mass is 9.96. The molecule has 21 heavy (non-hydrogen) atoms. The Hall–Kier alpha value is -1.39. The summed E-state index contributed by atoms with van der Waals surface area (Å²) in [6.07, 6.45) is 5.76. The van der Waals surface area contributed by atoms with E-state index in [1.165, 1.54) is 6.42 Å². The molecule has 2 heterocycles. The fraction of sp³-hybridized carbons (Fsp3) is 0.812. The van der Waals surface area contributed by atoms with E-state index in [2.05, 4.69) is 6.92 Å². The van der Waals surface area contributed by atoms with Gasteiger partial charge in [0.1, 0.15) is 5.78 Å². The number of hydrogen-bond donors (Lipinski definition) is 0. The van der Waals surface area contributed by atoms with Crippen LogP contribution in [0.1, 0.15) is 51.9 Å². The summed E-state index contributed by atoms with van der Waals surface area (Å²) in [7, 11) is 0. The molecule has 2 fully saturated rings. The van der Waals surface area contributed by atoms with Crippen LogP contribution in [0.3, 0.4) is 0 Å². The molecular formula is C16H26N2O3. The van der Waals surface area contributed by atoms with Crippen LogP contribution >= 0.6 is 0 Å². The molecular weight excluding hydrogens is 268 g/mol. The van der Waals surface area contributed by atoms with E-state index in [1.807, 2.05) is 0 Å². The van der Waals surface area contributed by atoms with E-state index in [4.69, 9.17) is 0 Å². The van der Waals surface area contributed by atoms with Crippen LogP contribution in [-0.2, 0) is 14.4 Å². The lowest BCUT2D eigenvalue weighted by molar-refractivity contribution is -0.141. The first kappa shape index (κ1) is 16.0. The molecule has 0 saturated carbocycles. The van der Waals surface area contributed by atoms with E-state index < -0.39 is 0 Å². The van der Waals surface area contributed by atoms with Crippen LogP contribution in [0.25, 0.3) is 0 Å². The standard InChI is InChI=1S/C16H26N2O3/c1-2-3-13-4-5-15(20)18(9-6-13)12-16(21)17-10-7-14(19)8-11-17/h13H,2-12H2,1H3. The van der Waals surface area contributed by atoms with Gasteiger partial charge in [-0.1, -0.05) is 19.8 Å². The minimum atomic E-state index is -0.00945. The first-order chi connectivity index (χ1) is 10.1. The number of ketones is 1. The maximum absolute atomic E-state index is 12.3. The highest BCUT2D eigenvalue weighted by Gasteiger charge is 2.27. The number of carbonyl (C=O) groups is 3. The number of carbonyl (C=O) groups excluding carboxylic acids is 3. The molecule has 2 amide bonds. The molecule has 5 heteroatoms. The predicted octanol–water partition coefficient (Wildman–Crippen LogP) is 1.61. The molecule has 0 aromatic rings. The van der Waals surface area contributed by atoms with Gasteiger partial charge in [0.25, 0.3) is 0 Å². The Morgan fingerprint density at radius 1 is 1.10 bits per heavy atom. The number of hydrogen-bond acceptors (Lipinski definition) is 3. The second-order valence-electron chi connectivity index (χ2n) is 6.22. The summed E-state index contributed by atoms with van der Waals surface area (Å²) < 4.78 is 0. The predicted molar refractivity (Wildman–Crippen MR) is 79.7 cm³/mol. The van der Waals surface area contributed by atoms with Crippen LogP contribution in [0, 0.1) is 5.92 Å². The lowest BCUT2D eigenvalue weighted by Crippen LogP contribution is -2.45. The molecule has 5 nitrogen and oxygen atoms in total. The van der Waals surface area contributed by atoms with Crippen molar-refractivity contribution in [2.24, 2.45) is 5.92 Å². The van der Waals surface area contributed by atoms with Gasteiger partial charge in [0, 0.05) is 38.9 Å². The van der Waals surface area contributed by atoms with E-state index in [0.29, 0.717) is 44.8 Å². The van der Waals surface area contributed by atoms with E-state index in [0.717, 1.165) is 19.3 Å². The third kappa shape index (κ3) is 4.55. The third-order valence-electron chi connectivity index (χ3n) is 4.62. The van der Waals surface area contributed by atoms with Crippen molar-refractivity contribution in [2.75, 3.05) is 26.2 Å². The Kier molecular flexibility index (Phi) is 5.76. The first-order valence-corrected chi connectivity index (χ1v) is 8.17. The van der Waals surface area contributed by atoms with Crippen LogP contribution in [0.4, 0.5) is 0 Å². The van der Waals surface area contributed by atoms with Crippen LogP contribution in [0.5, 0.6) is 0 Å². The average Bonchev–Trinajstić information content (AvgIpc) is 2.64. The molecule has 2 aliphatic heterocycles. The van der Waals surface area contributed by atoms with Crippen molar-refractivity contribution >= 4 is 17.6 Å². The van der Waals surface area contributed by atoms with E-state index in [1.54, 1.807) is 9.80 Å². The average molecular weight is 294 g/mol. The number of piperidine rings is 1. The van der Waals surface area contributed by atoms with E-state index >= 15 is 0 Å². The van der Waals surface area contributed by atoms with Crippen molar-refractivity contribution in [3.8, 4) is 0 Å². The van der Waals surface area contributed by atoms with Gasteiger partial charge in [0.15, 0.2) is 0 Å². The molecule has 0 radical (unpaired) electrons. The summed E-state index contributed by atoms with van der Waals surface area (Å²) in [4.78, 5) is 39.1. The molecule has 1 atom stereocenters. The summed E-state index contributed by atoms with van der Waals surface area (Å²) in [5.74, 6) is 0.943. The maximum Gasteiger partial charge on any atom is 0.242 e. The summed E-state index contributed by atoms with van der Waals surface area (Å²) in [6, 6.07) is 0. The van der Waals surface area contributed by atoms with E-state index in [9.17, 15) is 14.4 Å². The summed E-state index contributed by atoms with van der Waals surface area (Å²) in [6.45, 7) is 4.08. The van der Waals surface area contributed by atoms with Gasteiger partial charge in [0.2, 0.25) is 11.8 Å². The van der Waals surface area contributed by atoms with Crippen molar-refractivity contribution in [3.05, 3.63) is 0 Å². The van der Waals surface area contributed by atoms with Crippen molar-refractivity contribution < 1.29 is 14.4 Å².